The highest BCUT2D eigenvalue weighted by molar-refractivity contribution is 6.03. The van der Waals surface area contributed by atoms with Crippen molar-refractivity contribution in [2.24, 2.45) is 5.41 Å². The summed E-state index contributed by atoms with van der Waals surface area (Å²) in [6.45, 7) is 10.9. The van der Waals surface area contributed by atoms with Gasteiger partial charge in [-0.15, -0.1) is 0 Å². The maximum absolute atomic E-state index is 13.2. The first-order chi connectivity index (χ1) is 9.83. The lowest BCUT2D eigenvalue weighted by molar-refractivity contribution is 0.0356. The first-order valence-electron chi connectivity index (χ1n) is 8.18. The molecule has 2 heteroatoms. The summed E-state index contributed by atoms with van der Waals surface area (Å²) >= 11 is 0. The van der Waals surface area contributed by atoms with Crippen molar-refractivity contribution < 1.29 is 4.79 Å². The Labute approximate surface area is 129 Å². The molecule has 1 unspecified atom stereocenters. The van der Waals surface area contributed by atoms with Crippen LogP contribution in [0.2, 0.25) is 0 Å². The van der Waals surface area contributed by atoms with E-state index in [1.54, 1.807) is 0 Å². The van der Waals surface area contributed by atoms with Crippen molar-refractivity contribution in [1.29, 1.82) is 0 Å². The van der Waals surface area contributed by atoms with E-state index in [0.717, 1.165) is 25.1 Å². The Bertz CT molecular complexity index is 468. The van der Waals surface area contributed by atoms with Gasteiger partial charge in [-0.2, -0.15) is 0 Å². The Morgan fingerprint density at radius 3 is 2.10 bits per heavy atom. The second-order valence-electron chi connectivity index (χ2n) is 7.75. The molecule has 21 heavy (non-hydrogen) atoms. The molecule has 2 nitrogen and oxygen atoms in total. The zero-order valence-electron chi connectivity index (χ0n) is 14.0. The first kappa shape index (κ1) is 16.2. The van der Waals surface area contributed by atoms with Crippen molar-refractivity contribution >= 4 is 5.78 Å². The molecular weight excluding hydrogens is 258 g/mol. The van der Waals surface area contributed by atoms with Gasteiger partial charge in [0.05, 0.1) is 5.54 Å². The minimum absolute atomic E-state index is 0.136. The zero-order chi connectivity index (χ0) is 15.5. The van der Waals surface area contributed by atoms with Gasteiger partial charge >= 0.3 is 0 Å². The number of carbonyl (C=O) groups excluding carboxylic acids is 1. The molecule has 1 fully saturated rings. The number of Topliss-reactive ketones (excluding diaryl/α,β-unsaturated/α-hetero) is 1. The van der Waals surface area contributed by atoms with E-state index >= 15 is 0 Å². The minimum atomic E-state index is -0.389. The van der Waals surface area contributed by atoms with E-state index in [4.69, 9.17) is 0 Å². The van der Waals surface area contributed by atoms with Crippen LogP contribution < -0.4 is 0 Å². The van der Waals surface area contributed by atoms with Gasteiger partial charge in [-0.1, -0.05) is 57.5 Å². The SMILES string of the molecule is CC(C)(C)CC(C)(C(=O)c1ccccc1)N1CCCCC1. The fourth-order valence-corrected chi connectivity index (χ4v) is 3.66. The van der Waals surface area contributed by atoms with E-state index in [1.165, 1.54) is 19.3 Å². The number of piperidine rings is 1. The molecule has 1 atom stereocenters. The molecule has 0 aliphatic carbocycles. The molecule has 1 aliphatic rings. The monoisotopic (exact) mass is 287 g/mol. The van der Waals surface area contributed by atoms with Crippen LogP contribution in [-0.2, 0) is 0 Å². The smallest absolute Gasteiger partial charge is 0.182 e. The molecule has 0 saturated carbocycles. The fourth-order valence-electron chi connectivity index (χ4n) is 3.66. The standard InChI is InChI=1S/C19H29NO/c1-18(2,3)15-19(4,20-13-9-6-10-14-20)17(21)16-11-7-5-8-12-16/h5,7-8,11-12H,6,9-10,13-15H2,1-4H3. The number of rotatable bonds is 4. The van der Waals surface area contributed by atoms with Gasteiger partial charge in [0.2, 0.25) is 0 Å². The van der Waals surface area contributed by atoms with Crippen LogP contribution in [0.25, 0.3) is 0 Å². The molecule has 0 N–H and O–H groups in total. The summed E-state index contributed by atoms with van der Waals surface area (Å²) in [5.74, 6) is 0.278. The highest BCUT2D eigenvalue weighted by Crippen LogP contribution is 2.35. The Hall–Kier alpha value is -1.15. The minimum Gasteiger partial charge on any atom is -0.292 e. The normalized spacial score (nSPS) is 20.0. The maximum Gasteiger partial charge on any atom is 0.182 e. The van der Waals surface area contributed by atoms with E-state index in [9.17, 15) is 4.79 Å². The molecule has 0 bridgehead atoms. The summed E-state index contributed by atoms with van der Waals surface area (Å²) in [6, 6.07) is 9.79. The van der Waals surface area contributed by atoms with Gasteiger partial charge in [0.25, 0.3) is 0 Å². The summed E-state index contributed by atoms with van der Waals surface area (Å²) in [5.41, 5.74) is 0.589. The molecule has 1 aromatic rings. The van der Waals surface area contributed by atoms with Crippen LogP contribution in [-0.4, -0.2) is 29.3 Å². The molecule has 0 radical (unpaired) electrons. The van der Waals surface area contributed by atoms with Crippen molar-refractivity contribution in [3.63, 3.8) is 0 Å². The molecular formula is C19H29NO. The summed E-state index contributed by atoms with van der Waals surface area (Å²) in [4.78, 5) is 15.6. The summed E-state index contributed by atoms with van der Waals surface area (Å²) in [7, 11) is 0. The topological polar surface area (TPSA) is 20.3 Å². The summed E-state index contributed by atoms with van der Waals surface area (Å²) in [6.07, 6.45) is 4.61. The number of hydrogen-bond donors (Lipinski definition) is 0. The lowest BCUT2D eigenvalue weighted by Crippen LogP contribution is -2.56. The van der Waals surface area contributed by atoms with Crippen LogP contribution in [0.1, 0.15) is 63.7 Å². The Morgan fingerprint density at radius 2 is 1.57 bits per heavy atom. The van der Waals surface area contributed by atoms with Gasteiger partial charge in [0, 0.05) is 5.56 Å². The van der Waals surface area contributed by atoms with Gasteiger partial charge < -0.3 is 0 Å². The van der Waals surface area contributed by atoms with Crippen LogP contribution in [0.4, 0.5) is 0 Å². The van der Waals surface area contributed by atoms with Crippen LogP contribution in [0.3, 0.4) is 0 Å². The van der Waals surface area contributed by atoms with Crippen molar-refractivity contribution in [2.45, 2.75) is 58.9 Å². The molecule has 116 valence electrons. The molecule has 0 amide bonds. The van der Waals surface area contributed by atoms with Crippen molar-refractivity contribution in [2.75, 3.05) is 13.1 Å². The average Bonchev–Trinajstić information content (AvgIpc) is 2.46. The van der Waals surface area contributed by atoms with Gasteiger partial charge in [0.15, 0.2) is 5.78 Å². The third-order valence-electron chi connectivity index (χ3n) is 4.45. The zero-order valence-corrected chi connectivity index (χ0v) is 14.0. The number of nitrogens with zero attached hydrogens (tertiary/aromatic N) is 1. The van der Waals surface area contributed by atoms with Gasteiger partial charge in [0.1, 0.15) is 0 Å². The van der Waals surface area contributed by atoms with E-state index in [1.807, 2.05) is 30.3 Å². The quantitative estimate of drug-likeness (QED) is 0.757. The van der Waals surface area contributed by atoms with E-state index in [0.29, 0.717) is 0 Å². The third kappa shape index (κ3) is 3.94. The van der Waals surface area contributed by atoms with Crippen LogP contribution in [0.5, 0.6) is 0 Å². The molecule has 0 aromatic heterocycles. The predicted molar refractivity (Wildman–Crippen MR) is 88.7 cm³/mol. The highest BCUT2D eigenvalue weighted by atomic mass is 16.1. The van der Waals surface area contributed by atoms with Gasteiger partial charge in [-0.25, -0.2) is 0 Å². The molecule has 2 rings (SSSR count). The highest BCUT2D eigenvalue weighted by Gasteiger charge is 2.42. The largest absolute Gasteiger partial charge is 0.292 e. The molecule has 1 aromatic carbocycles. The lowest BCUT2D eigenvalue weighted by atomic mass is 9.75. The second-order valence-corrected chi connectivity index (χ2v) is 7.75. The third-order valence-corrected chi connectivity index (χ3v) is 4.45. The lowest BCUT2D eigenvalue weighted by Gasteiger charge is -2.45. The van der Waals surface area contributed by atoms with Crippen LogP contribution in [0, 0.1) is 5.41 Å². The number of ketones is 1. The first-order valence-corrected chi connectivity index (χ1v) is 8.18. The number of benzene rings is 1. The predicted octanol–water partition coefficient (Wildman–Crippen LogP) is 4.55. The van der Waals surface area contributed by atoms with Gasteiger partial charge in [-0.3, -0.25) is 9.69 Å². The summed E-state index contributed by atoms with van der Waals surface area (Å²) < 4.78 is 0. The Kier molecular flexibility index (Phi) is 4.88. The second kappa shape index (κ2) is 6.31. The average molecular weight is 287 g/mol. The molecule has 1 heterocycles. The molecule has 1 aliphatic heterocycles. The molecule has 1 saturated heterocycles. The number of carbonyl (C=O) groups is 1. The van der Waals surface area contributed by atoms with Crippen LogP contribution in [0.15, 0.2) is 30.3 Å². The Balaban J connectivity index is 2.32. The number of likely N-dealkylation sites (tertiary alicyclic amines) is 1. The van der Waals surface area contributed by atoms with Gasteiger partial charge in [-0.05, 0) is 44.7 Å². The van der Waals surface area contributed by atoms with Crippen LogP contribution >= 0.6 is 0 Å². The van der Waals surface area contributed by atoms with E-state index in [-0.39, 0.29) is 16.7 Å². The maximum atomic E-state index is 13.2. The van der Waals surface area contributed by atoms with Crippen molar-refractivity contribution in [1.82, 2.24) is 4.90 Å². The van der Waals surface area contributed by atoms with Crippen molar-refractivity contribution in [3.05, 3.63) is 35.9 Å². The van der Waals surface area contributed by atoms with Crippen molar-refractivity contribution in [3.8, 4) is 0 Å². The van der Waals surface area contributed by atoms with E-state index < -0.39 is 0 Å². The molecule has 0 spiro atoms. The van der Waals surface area contributed by atoms with E-state index in [2.05, 4.69) is 32.6 Å². The number of hydrogen-bond acceptors (Lipinski definition) is 2. The summed E-state index contributed by atoms with van der Waals surface area (Å²) in [5, 5.41) is 0. The Morgan fingerprint density at radius 1 is 1.00 bits per heavy atom. The fraction of sp³-hybridized carbons (Fsp3) is 0.632.